The Morgan fingerprint density at radius 2 is 2.15 bits per heavy atom. The summed E-state index contributed by atoms with van der Waals surface area (Å²) in [5.41, 5.74) is 1.33. The molecule has 26 heavy (non-hydrogen) atoms. The van der Waals surface area contributed by atoms with E-state index in [1.807, 2.05) is 0 Å². The number of furan rings is 1. The molecule has 0 amide bonds. The number of nitro groups is 1. The normalized spacial score (nSPS) is 11.2. The van der Waals surface area contributed by atoms with E-state index in [9.17, 15) is 14.9 Å². The van der Waals surface area contributed by atoms with Crippen molar-refractivity contribution in [3.63, 3.8) is 0 Å². The minimum Gasteiger partial charge on any atom is -0.460 e. The van der Waals surface area contributed by atoms with Gasteiger partial charge in [0.2, 0.25) is 0 Å². The van der Waals surface area contributed by atoms with Gasteiger partial charge in [-0.15, -0.1) is 0 Å². The molecule has 0 fully saturated rings. The quantitative estimate of drug-likeness (QED) is 0.292. The molecule has 3 heterocycles. The van der Waals surface area contributed by atoms with Gasteiger partial charge >= 0.3 is 5.69 Å². The number of hydrogen-bond donors (Lipinski definition) is 0. The van der Waals surface area contributed by atoms with Crippen LogP contribution >= 0.6 is 0 Å². The summed E-state index contributed by atoms with van der Waals surface area (Å²) in [5.74, 6) is 0.914. The fraction of sp³-hybridized carbons (Fsp3) is 0.167. The highest BCUT2D eigenvalue weighted by Gasteiger charge is 2.22. The highest BCUT2D eigenvalue weighted by Crippen LogP contribution is 2.23. The number of pyridine rings is 1. The number of allylic oxidation sites excluding steroid dienone is 1. The molecule has 0 saturated heterocycles. The highest BCUT2D eigenvalue weighted by atomic mass is 16.6. The van der Waals surface area contributed by atoms with Crippen molar-refractivity contribution in [3.05, 3.63) is 81.3 Å². The van der Waals surface area contributed by atoms with Gasteiger partial charge in [-0.05, 0) is 50.3 Å². The van der Waals surface area contributed by atoms with E-state index in [-0.39, 0.29) is 18.0 Å². The lowest BCUT2D eigenvalue weighted by atomic mass is 10.2. The Kier molecular flexibility index (Phi) is 4.74. The molecule has 0 spiro atoms. The zero-order valence-corrected chi connectivity index (χ0v) is 14.2. The molecule has 8 heteroatoms. The second-order valence-electron chi connectivity index (χ2n) is 5.68. The smallest absolute Gasteiger partial charge is 0.312 e. The Morgan fingerprint density at radius 3 is 2.81 bits per heavy atom. The van der Waals surface area contributed by atoms with Crippen molar-refractivity contribution in [2.24, 2.45) is 0 Å². The van der Waals surface area contributed by atoms with Gasteiger partial charge in [-0.1, -0.05) is 0 Å². The van der Waals surface area contributed by atoms with E-state index in [4.69, 9.17) is 4.42 Å². The zero-order valence-electron chi connectivity index (χ0n) is 14.2. The highest BCUT2D eigenvalue weighted by molar-refractivity contribution is 6.06. The number of aromatic nitrogens is 3. The van der Waals surface area contributed by atoms with Crippen LogP contribution in [0, 0.1) is 24.0 Å². The van der Waals surface area contributed by atoms with Crippen molar-refractivity contribution in [1.29, 1.82) is 0 Å². The summed E-state index contributed by atoms with van der Waals surface area (Å²) >= 11 is 0. The van der Waals surface area contributed by atoms with Crippen molar-refractivity contribution in [2.75, 3.05) is 0 Å². The molecule has 0 N–H and O–H groups in total. The molecule has 0 radical (unpaired) electrons. The lowest BCUT2D eigenvalue weighted by Crippen LogP contribution is -2.03. The van der Waals surface area contributed by atoms with Crippen LogP contribution < -0.4 is 0 Å². The van der Waals surface area contributed by atoms with Crippen LogP contribution in [-0.2, 0) is 6.54 Å². The van der Waals surface area contributed by atoms with Crippen LogP contribution in [0.3, 0.4) is 0 Å². The molecule has 0 aliphatic rings. The Labute approximate surface area is 148 Å². The Bertz CT molecular complexity index is 986. The lowest BCUT2D eigenvalue weighted by Gasteiger charge is -2.00. The second-order valence-corrected chi connectivity index (χ2v) is 5.68. The number of aryl methyl sites for hydroxylation is 1. The third-order valence-electron chi connectivity index (χ3n) is 3.86. The predicted octanol–water partition coefficient (Wildman–Crippen LogP) is 3.34. The number of ketones is 1. The molecule has 3 rings (SSSR count). The first kappa shape index (κ1) is 17.3. The largest absolute Gasteiger partial charge is 0.460 e. The molecular weight excluding hydrogens is 336 g/mol. The maximum absolute atomic E-state index is 12.0. The minimum atomic E-state index is -0.436. The average molecular weight is 352 g/mol. The maximum Gasteiger partial charge on any atom is 0.312 e. The van der Waals surface area contributed by atoms with E-state index in [1.165, 1.54) is 17.0 Å². The van der Waals surface area contributed by atoms with Crippen molar-refractivity contribution in [1.82, 2.24) is 14.8 Å². The van der Waals surface area contributed by atoms with Crippen LogP contribution in [0.1, 0.15) is 33.3 Å². The van der Waals surface area contributed by atoms with E-state index in [0.29, 0.717) is 28.5 Å². The van der Waals surface area contributed by atoms with Crippen LogP contribution in [0.4, 0.5) is 5.69 Å². The third kappa shape index (κ3) is 3.59. The molecule has 0 bridgehead atoms. The fourth-order valence-corrected chi connectivity index (χ4v) is 2.58. The molecule has 0 aromatic carbocycles. The average Bonchev–Trinajstić information content (AvgIpc) is 3.18. The maximum atomic E-state index is 12.0. The van der Waals surface area contributed by atoms with Gasteiger partial charge in [0.15, 0.2) is 5.78 Å². The molecule has 0 unspecified atom stereocenters. The Balaban J connectivity index is 1.73. The van der Waals surface area contributed by atoms with Crippen LogP contribution in [0.15, 0.2) is 47.2 Å². The first-order valence-electron chi connectivity index (χ1n) is 7.85. The second kappa shape index (κ2) is 7.14. The third-order valence-corrected chi connectivity index (χ3v) is 3.86. The molecule has 3 aromatic heterocycles. The van der Waals surface area contributed by atoms with Gasteiger partial charge in [-0.2, -0.15) is 5.10 Å². The standard InChI is InChI=1S/C18H16N4O4/c1-12-18(22(24)25)13(2)21(20-12)11-16-6-5-15(26-16)7-8-17(23)14-4-3-9-19-10-14/h3-10H,11H2,1-2H3/b8-7+. The molecule has 0 atom stereocenters. The molecule has 0 aliphatic heterocycles. The summed E-state index contributed by atoms with van der Waals surface area (Å²) in [6.07, 6.45) is 6.08. The first-order chi connectivity index (χ1) is 12.5. The van der Waals surface area contributed by atoms with E-state index >= 15 is 0 Å². The topological polar surface area (TPSA) is 104 Å². The lowest BCUT2D eigenvalue weighted by molar-refractivity contribution is -0.386. The molecule has 3 aromatic rings. The summed E-state index contributed by atoms with van der Waals surface area (Å²) in [5, 5.41) is 15.2. The van der Waals surface area contributed by atoms with Crippen LogP contribution in [0.25, 0.3) is 6.08 Å². The van der Waals surface area contributed by atoms with Crippen LogP contribution in [0.5, 0.6) is 0 Å². The summed E-state index contributed by atoms with van der Waals surface area (Å²) in [6, 6.07) is 6.85. The summed E-state index contributed by atoms with van der Waals surface area (Å²) in [7, 11) is 0. The molecule has 8 nitrogen and oxygen atoms in total. The summed E-state index contributed by atoms with van der Waals surface area (Å²) < 4.78 is 7.18. The summed E-state index contributed by atoms with van der Waals surface area (Å²) in [4.78, 5) is 26.5. The number of hydrogen-bond acceptors (Lipinski definition) is 6. The van der Waals surface area contributed by atoms with E-state index < -0.39 is 4.92 Å². The molecule has 0 aliphatic carbocycles. The van der Waals surface area contributed by atoms with Crippen molar-refractivity contribution < 1.29 is 14.1 Å². The van der Waals surface area contributed by atoms with Gasteiger partial charge in [0.25, 0.3) is 0 Å². The molecule has 0 saturated carbocycles. The number of carbonyl (C=O) groups excluding carboxylic acids is 1. The zero-order chi connectivity index (χ0) is 18.7. The summed E-state index contributed by atoms with van der Waals surface area (Å²) in [6.45, 7) is 3.52. The van der Waals surface area contributed by atoms with Gasteiger partial charge < -0.3 is 4.42 Å². The van der Waals surface area contributed by atoms with E-state index in [1.54, 1.807) is 50.4 Å². The van der Waals surface area contributed by atoms with Gasteiger partial charge in [-0.3, -0.25) is 24.6 Å². The monoisotopic (exact) mass is 352 g/mol. The van der Waals surface area contributed by atoms with Crippen molar-refractivity contribution in [2.45, 2.75) is 20.4 Å². The van der Waals surface area contributed by atoms with Crippen LogP contribution in [-0.4, -0.2) is 25.5 Å². The fourth-order valence-electron chi connectivity index (χ4n) is 2.58. The number of nitrogens with zero attached hydrogens (tertiary/aromatic N) is 4. The number of carbonyl (C=O) groups is 1. The molecule has 132 valence electrons. The van der Waals surface area contributed by atoms with Crippen molar-refractivity contribution >= 4 is 17.5 Å². The SMILES string of the molecule is Cc1nn(Cc2ccc(/C=C/C(=O)c3cccnc3)o2)c(C)c1[N+](=O)[O-]. The van der Waals surface area contributed by atoms with Gasteiger partial charge in [-0.25, -0.2) is 0 Å². The number of rotatable bonds is 6. The predicted molar refractivity (Wildman–Crippen MR) is 93.8 cm³/mol. The van der Waals surface area contributed by atoms with E-state index in [0.717, 1.165) is 0 Å². The van der Waals surface area contributed by atoms with Crippen LogP contribution in [0.2, 0.25) is 0 Å². The minimum absolute atomic E-state index is 0.0127. The van der Waals surface area contributed by atoms with Gasteiger partial charge in [0.05, 0.1) is 11.5 Å². The first-order valence-corrected chi connectivity index (χ1v) is 7.85. The Morgan fingerprint density at radius 1 is 1.35 bits per heavy atom. The van der Waals surface area contributed by atoms with Crippen molar-refractivity contribution in [3.8, 4) is 0 Å². The van der Waals surface area contributed by atoms with Gasteiger partial charge in [0.1, 0.15) is 22.9 Å². The van der Waals surface area contributed by atoms with E-state index in [2.05, 4.69) is 10.1 Å². The Hall–Kier alpha value is -3.55. The molecular formula is C18H16N4O4. The van der Waals surface area contributed by atoms with Gasteiger partial charge in [0, 0.05) is 18.0 Å².